The largest absolute Gasteiger partial charge is 0.497 e. The van der Waals surface area contributed by atoms with Gasteiger partial charge in [0.25, 0.3) is 0 Å². The van der Waals surface area contributed by atoms with Gasteiger partial charge in [0.1, 0.15) is 5.75 Å². The van der Waals surface area contributed by atoms with Crippen LogP contribution in [0.4, 0.5) is 0 Å². The predicted octanol–water partition coefficient (Wildman–Crippen LogP) is 5.35. The number of rotatable bonds is 15. The minimum absolute atomic E-state index is 0.135. The van der Waals surface area contributed by atoms with Gasteiger partial charge in [-0.15, -0.1) is 0 Å². The van der Waals surface area contributed by atoms with Crippen molar-refractivity contribution in [1.29, 1.82) is 0 Å². The second kappa shape index (κ2) is 14.6. The van der Waals surface area contributed by atoms with Gasteiger partial charge in [-0.3, -0.25) is 4.79 Å². The van der Waals surface area contributed by atoms with E-state index in [9.17, 15) is 4.79 Å². The quantitative estimate of drug-likeness (QED) is 0.159. The summed E-state index contributed by atoms with van der Waals surface area (Å²) in [6.07, 6.45) is 2.39. The monoisotopic (exact) mass is 578 g/mol. The fraction of sp³-hybridized carbons (Fsp3) is 0.708. The number of halogens is 2. The Bertz CT molecular complexity index is 657. The van der Waals surface area contributed by atoms with Crippen molar-refractivity contribution in [2.45, 2.75) is 45.5 Å². The molecule has 32 heavy (non-hydrogen) atoms. The molecular formula is C24H36Br2O6. The molecule has 1 aromatic carbocycles. The zero-order chi connectivity index (χ0) is 23.4. The lowest BCUT2D eigenvalue weighted by atomic mass is 9.73. The molecule has 1 aliphatic heterocycles. The summed E-state index contributed by atoms with van der Waals surface area (Å²) in [5, 5.41) is 1.70. The Morgan fingerprint density at radius 1 is 1.12 bits per heavy atom. The Balaban J connectivity index is 2.14. The Kier molecular flexibility index (Phi) is 12.5. The van der Waals surface area contributed by atoms with E-state index in [-0.39, 0.29) is 23.7 Å². The number of carbonyl (C=O) groups excluding carboxylic acids is 1. The predicted molar refractivity (Wildman–Crippen MR) is 132 cm³/mol. The van der Waals surface area contributed by atoms with E-state index < -0.39 is 5.79 Å². The minimum atomic E-state index is -0.860. The zero-order valence-corrected chi connectivity index (χ0v) is 22.5. The van der Waals surface area contributed by atoms with Crippen LogP contribution in [0.3, 0.4) is 0 Å². The molecule has 1 heterocycles. The number of carbonyl (C=O) groups is 1. The molecule has 2 atom stereocenters. The molecule has 8 heteroatoms. The van der Waals surface area contributed by atoms with Crippen LogP contribution in [0.1, 0.15) is 38.7 Å². The summed E-state index contributed by atoms with van der Waals surface area (Å²) in [6, 6.07) is 7.83. The molecule has 2 rings (SSSR count). The fourth-order valence-electron chi connectivity index (χ4n) is 4.45. The highest BCUT2D eigenvalue weighted by atomic mass is 79.9. The molecule has 2 unspecified atom stereocenters. The average molecular weight is 580 g/mol. The van der Waals surface area contributed by atoms with Crippen molar-refractivity contribution in [2.75, 3.05) is 44.2 Å². The summed E-state index contributed by atoms with van der Waals surface area (Å²) >= 11 is 7.17. The van der Waals surface area contributed by atoms with Crippen molar-refractivity contribution in [2.24, 2.45) is 17.8 Å². The summed E-state index contributed by atoms with van der Waals surface area (Å²) in [4.78, 5) is 12.8. The third kappa shape index (κ3) is 7.69. The van der Waals surface area contributed by atoms with Gasteiger partial charge in [0.05, 0.1) is 46.1 Å². The lowest BCUT2D eigenvalue weighted by Crippen LogP contribution is -2.49. The van der Waals surface area contributed by atoms with Gasteiger partial charge in [-0.25, -0.2) is 0 Å². The molecule has 0 saturated carbocycles. The van der Waals surface area contributed by atoms with Gasteiger partial charge in [-0.1, -0.05) is 50.9 Å². The third-order valence-corrected chi connectivity index (χ3v) is 6.89. The smallest absolute Gasteiger partial charge is 0.309 e. The Hall–Kier alpha value is -0.670. The van der Waals surface area contributed by atoms with Crippen molar-refractivity contribution in [3.8, 4) is 5.75 Å². The normalized spacial score (nSPS) is 17.3. The maximum atomic E-state index is 12.8. The van der Waals surface area contributed by atoms with Crippen LogP contribution in [0.2, 0.25) is 0 Å². The standard InChI is InChI=1S/C24H36Br2O6/c1-4-30-23(27)18(2)22(20(9-12-25)10-13-26)24(31-15-16-32-24)11-14-29-17-19-5-7-21(28-3)8-6-19/h5-8,18,20,22H,4,9-17H2,1-3H3. The molecule has 182 valence electrons. The molecule has 6 nitrogen and oxygen atoms in total. The lowest BCUT2D eigenvalue weighted by Gasteiger charge is -2.42. The SMILES string of the molecule is CCOC(=O)C(C)C(C(CCBr)CCBr)C1(CCOCc2ccc(OC)cc2)OCCO1. The van der Waals surface area contributed by atoms with Crippen LogP contribution in [-0.2, 0) is 30.3 Å². The first kappa shape index (κ1) is 27.6. The Labute approximate surface area is 208 Å². The minimum Gasteiger partial charge on any atom is -0.497 e. The van der Waals surface area contributed by atoms with Crippen molar-refractivity contribution >= 4 is 37.8 Å². The van der Waals surface area contributed by atoms with Crippen molar-refractivity contribution in [3.63, 3.8) is 0 Å². The van der Waals surface area contributed by atoms with Gasteiger partial charge < -0.3 is 23.7 Å². The molecule has 0 N–H and O–H groups in total. The van der Waals surface area contributed by atoms with Crippen molar-refractivity contribution in [1.82, 2.24) is 0 Å². The molecule has 0 aliphatic carbocycles. The van der Waals surface area contributed by atoms with E-state index >= 15 is 0 Å². The number of alkyl halides is 2. The number of ether oxygens (including phenoxy) is 5. The van der Waals surface area contributed by atoms with Gasteiger partial charge in [-0.2, -0.15) is 0 Å². The van der Waals surface area contributed by atoms with E-state index in [1.807, 2.05) is 38.1 Å². The lowest BCUT2D eigenvalue weighted by molar-refractivity contribution is -0.232. The molecule has 1 saturated heterocycles. The van der Waals surface area contributed by atoms with Crippen LogP contribution in [0, 0.1) is 17.8 Å². The first-order valence-corrected chi connectivity index (χ1v) is 13.5. The van der Waals surface area contributed by atoms with E-state index in [1.165, 1.54) is 0 Å². The molecule has 0 spiro atoms. The molecular weight excluding hydrogens is 544 g/mol. The van der Waals surface area contributed by atoms with Crippen molar-refractivity contribution in [3.05, 3.63) is 29.8 Å². The number of esters is 1. The van der Waals surface area contributed by atoms with Crippen LogP contribution in [0.25, 0.3) is 0 Å². The van der Waals surface area contributed by atoms with Crippen LogP contribution in [0.15, 0.2) is 24.3 Å². The molecule has 0 amide bonds. The third-order valence-electron chi connectivity index (χ3n) is 5.97. The first-order valence-electron chi connectivity index (χ1n) is 11.3. The second-order valence-electron chi connectivity index (χ2n) is 7.94. The van der Waals surface area contributed by atoms with Crippen LogP contribution < -0.4 is 4.74 Å². The van der Waals surface area contributed by atoms with Gasteiger partial charge in [0, 0.05) is 23.0 Å². The van der Waals surface area contributed by atoms with E-state index in [0.29, 0.717) is 39.5 Å². The van der Waals surface area contributed by atoms with Crippen molar-refractivity contribution < 1.29 is 28.5 Å². The molecule has 0 aromatic heterocycles. The molecule has 0 radical (unpaired) electrons. The number of hydrogen-bond acceptors (Lipinski definition) is 6. The van der Waals surface area contributed by atoms with Gasteiger partial charge in [0.2, 0.25) is 0 Å². The Morgan fingerprint density at radius 3 is 2.28 bits per heavy atom. The maximum Gasteiger partial charge on any atom is 0.309 e. The number of methoxy groups -OCH3 is 1. The highest BCUT2D eigenvalue weighted by Crippen LogP contribution is 2.44. The molecule has 1 fully saturated rings. The number of benzene rings is 1. The highest BCUT2D eigenvalue weighted by Gasteiger charge is 2.51. The van der Waals surface area contributed by atoms with E-state index in [1.54, 1.807) is 7.11 Å². The summed E-state index contributed by atoms with van der Waals surface area (Å²) in [7, 11) is 1.65. The second-order valence-corrected chi connectivity index (χ2v) is 9.53. The van der Waals surface area contributed by atoms with Crippen LogP contribution in [0.5, 0.6) is 5.75 Å². The fourth-order valence-corrected chi connectivity index (χ4v) is 5.63. The summed E-state index contributed by atoms with van der Waals surface area (Å²) < 4.78 is 29.1. The molecule has 1 aromatic rings. The number of hydrogen-bond donors (Lipinski definition) is 0. The molecule has 0 bridgehead atoms. The van der Waals surface area contributed by atoms with Gasteiger partial charge in [0.15, 0.2) is 5.79 Å². The van der Waals surface area contributed by atoms with Crippen LogP contribution >= 0.6 is 31.9 Å². The van der Waals surface area contributed by atoms with E-state index in [0.717, 1.165) is 34.8 Å². The zero-order valence-electron chi connectivity index (χ0n) is 19.3. The Morgan fingerprint density at radius 2 is 1.75 bits per heavy atom. The summed E-state index contributed by atoms with van der Waals surface area (Å²) in [6.45, 7) is 6.11. The van der Waals surface area contributed by atoms with E-state index in [4.69, 9.17) is 23.7 Å². The summed E-state index contributed by atoms with van der Waals surface area (Å²) in [5.74, 6) is -0.499. The maximum absolute atomic E-state index is 12.8. The first-order chi connectivity index (χ1) is 15.5. The topological polar surface area (TPSA) is 63.2 Å². The van der Waals surface area contributed by atoms with Gasteiger partial charge in [-0.05, 0) is 43.4 Å². The average Bonchev–Trinajstić information content (AvgIpc) is 3.27. The highest BCUT2D eigenvalue weighted by molar-refractivity contribution is 9.09. The molecule has 1 aliphatic rings. The summed E-state index contributed by atoms with van der Waals surface area (Å²) in [5.41, 5.74) is 1.07. The van der Waals surface area contributed by atoms with Crippen LogP contribution in [-0.4, -0.2) is 56.0 Å². The van der Waals surface area contributed by atoms with E-state index in [2.05, 4.69) is 31.9 Å². The van der Waals surface area contributed by atoms with Gasteiger partial charge >= 0.3 is 5.97 Å².